The average Bonchev–Trinajstić information content (AvgIpc) is 2.27. The van der Waals surface area contributed by atoms with Crippen LogP contribution >= 0.6 is 15.9 Å². The zero-order valence-corrected chi connectivity index (χ0v) is 13.4. The van der Waals surface area contributed by atoms with E-state index in [1.165, 1.54) is 0 Å². The molecule has 1 amide bonds. The Morgan fingerprint density at radius 2 is 2.00 bits per heavy atom. The number of carbonyl (C=O) groups excluding carboxylic acids is 1. The van der Waals surface area contributed by atoms with Crippen LogP contribution in [-0.4, -0.2) is 32.9 Å². The first-order valence-corrected chi connectivity index (χ1v) is 8.84. The molecule has 0 aliphatic heterocycles. The van der Waals surface area contributed by atoms with E-state index in [1.807, 2.05) is 31.2 Å². The number of nitrogens with one attached hydrogen (secondary N) is 1. The third kappa shape index (κ3) is 6.20. The van der Waals surface area contributed by atoms with Gasteiger partial charge in [0, 0.05) is 23.7 Å². The van der Waals surface area contributed by atoms with Crippen molar-refractivity contribution >= 4 is 31.7 Å². The second kappa shape index (κ2) is 7.05. The van der Waals surface area contributed by atoms with Gasteiger partial charge in [-0.25, -0.2) is 8.42 Å². The molecule has 1 N–H and O–H groups in total. The molecular formula is C13H18BrNO3S. The molecule has 1 aromatic rings. The van der Waals surface area contributed by atoms with Crippen LogP contribution < -0.4 is 5.32 Å². The van der Waals surface area contributed by atoms with Crippen molar-refractivity contribution in [2.45, 2.75) is 19.3 Å². The van der Waals surface area contributed by atoms with Gasteiger partial charge in [0.15, 0.2) is 0 Å². The molecule has 0 saturated heterocycles. The number of halogens is 1. The highest BCUT2D eigenvalue weighted by atomic mass is 79.9. The molecule has 0 saturated carbocycles. The lowest BCUT2D eigenvalue weighted by Gasteiger charge is -2.13. The van der Waals surface area contributed by atoms with Crippen LogP contribution in [0.25, 0.3) is 0 Å². The number of benzene rings is 1. The summed E-state index contributed by atoms with van der Waals surface area (Å²) in [5.74, 6) is -0.0805. The Morgan fingerprint density at radius 3 is 2.58 bits per heavy atom. The van der Waals surface area contributed by atoms with Gasteiger partial charge in [0.05, 0.1) is 5.75 Å². The molecule has 0 fully saturated rings. The Morgan fingerprint density at radius 1 is 1.37 bits per heavy atom. The molecule has 0 radical (unpaired) electrons. The minimum atomic E-state index is -3.03. The fourth-order valence-electron chi connectivity index (χ4n) is 1.71. The Balaban J connectivity index is 2.47. The molecule has 4 nitrogen and oxygen atoms in total. The van der Waals surface area contributed by atoms with Gasteiger partial charge in [-0.15, -0.1) is 0 Å². The number of hydrogen-bond acceptors (Lipinski definition) is 3. The molecule has 19 heavy (non-hydrogen) atoms. The summed E-state index contributed by atoms with van der Waals surface area (Å²) in [6.45, 7) is 2.14. The minimum absolute atomic E-state index is 0.0256. The number of sulfone groups is 1. The van der Waals surface area contributed by atoms with E-state index in [1.54, 1.807) is 0 Å². The van der Waals surface area contributed by atoms with Gasteiger partial charge in [-0.2, -0.15) is 0 Å². The lowest BCUT2D eigenvalue weighted by atomic mass is 9.97. The van der Waals surface area contributed by atoms with Crippen molar-refractivity contribution in [1.29, 1.82) is 0 Å². The third-order valence-corrected chi connectivity index (χ3v) is 4.39. The van der Waals surface area contributed by atoms with E-state index in [2.05, 4.69) is 21.2 Å². The number of rotatable bonds is 6. The molecule has 6 heteroatoms. The highest BCUT2D eigenvalue weighted by Gasteiger charge is 2.13. The highest BCUT2D eigenvalue weighted by molar-refractivity contribution is 9.10. The fraction of sp³-hybridized carbons (Fsp3) is 0.462. The summed E-state index contributed by atoms with van der Waals surface area (Å²) in [7, 11) is -3.03. The second-order valence-corrected chi connectivity index (χ2v) is 7.72. The van der Waals surface area contributed by atoms with E-state index in [0.29, 0.717) is 6.42 Å². The molecule has 106 valence electrons. The molecule has 0 heterocycles. The zero-order valence-electron chi connectivity index (χ0n) is 11.0. The van der Waals surface area contributed by atoms with Crippen LogP contribution in [0.15, 0.2) is 28.7 Å². The zero-order chi connectivity index (χ0) is 14.5. The molecule has 0 spiro atoms. The molecule has 0 aliphatic carbocycles. The molecule has 1 atom stereocenters. The lowest BCUT2D eigenvalue weighted by Crippen LogP contribution is -2.29. The number of hydrogen-bond donors (Lipinski definition) is 1. The molecular weight excluding hydrogens is 330 g/mol. The first kappa shape index (κ1) is 16.2. The molecule has 1 rings (SSSR count). The van der Waals surface area contributed by atoms with E-state index in [9.17, 15) is 13.2 Å². The van der Waals surface area contributed by atoms with Crippen molar-refractivity contribution < 1.29 is 13.2 Å². The van der Waals surface area contributed by atoms with E-state index >= 15 is 0 Å². The summed E-state index contributed by atoms with van der Waals surface area (Å²) in [6, 6.07) is 7.76. The van der Waals surface area contributed by atoms with Crippen LogP contribution in [-0.2, 0) is 14.6 Å². The van der Waals surface area contributed by atoms with Gasteiger partial charge in [-0.05, 0) is 17.5 Å². The van der Waals surface area contributed by atoms with Gasteiger partial charge in [0.2, 0.25) is 5.91 Å². The summed E-state index contributed by atoms with van der Waals surface area (Å²) in [5, 5.41) is 2.63. The highest BCUT2D eigenvalue weighted by Crippen LogP contribution is 2.26. The average molecular weight is 348 g/mol. The van der Waals surface area contributed by atoms with Crippen molar-refractivity contribution in [1.82, 2.24) is 5.32 Å². The summed E-state index contributed by atoms with van der Waals surface area (Å²) in [4.78, 5) is 11.7. The number of amides is 1. The first-order valence-electron chi connectivity index (χ1n) is 5.98. The smallest absolute Gasteiger partial charge is 0.220 e. The normalized spacial score (nSPS) is 13.0. The quantitative estimate of drug-likeness (QED) is 0.856. The topological polar surface area (TPSA) is 63.2 Å². The predicted molar refractivity (Wildman–Crippen MR) is 79.9 cm³/mol. The van der Waals surface area contributed by atoms with E-state index in [4.69, 9.17) is 0 Å². The van der Waals surface area contributed by atoms with Crippen LogP contribution in [0, 0.1) is 0 Å². The van der Waals surface area contributed by atoms with Crippen molar-refractivity contribution in [3.63, 3.8) is 0 Å². The fourth-order valence-corrected chi connectivity index (χ4v) is 2.86. The molecule has 0 aliphatic rings. The van der Waals surface area contributed by atoms with Gasteiger partial charge >= 0.3 is 0 Å². The van der Waals surface area contributed by atoms with Crippen LogP contribution in [0.1, 0.15) is 24.8 Å². The SMILES string of the molecule is C[C@H](CC(=O)NCCS(C)(=O)=O)c1ccccc1Br. The van der Waals surface area contributed by atoms with Gasteiger partial charge < -0.3 is 5.32 Å². The van der Waals surface area contributed by atoms with E-state index in [0.717, 1.165) is 16.3 Å². The first-order chi connectivity index (χ1) is 8.79. The van der Waals surface area contributed by atoms with Crippen molar-refractivity contribution in [2.75, 3.05) is 18.6 Å². The van der Waals surface area contributed by atoms with Crippen molar-refractivity contribution in [3.8, 4) is 0 Å². The minimum Gasteiger partial charge on any atom is -0.355 e. The lowest BCUT2D eigenvalue weighted by molar-refractivity contribution is -0.121. The standard InChI is InChI=1S/C13H18BrNO3S/c1-10(11-5-3-4-6-12(11)14)9-13(16)15-7-8-19(2,17)18/h3-6,10H,7-9H2,1-2H3,(H,15,16)/t10-/m1/s1. The Labute approximate surface area is 122 Å². The third-order valence-electron chi connectivity index (χ3n) is 2.72. The maximum absolute atomic E-state index is 11.7. The summed E-state index contributed by atoms with van der Waals surface area (Å²) >= 11 is 3.45. The van der Waals surface area contributed by atoms with Crippen molar-refractivity contribution in [2.24, 2.45) is 0 Å². The van der Waals surface area contributed by atoms with Gasteiger partial charge in [0.1, 0.15) is 9.84 Å². The maximum atomic E-state index is 11.7. The van der Waals surface area contributed by atoms with Crippen LogP contribution in [0.5, 0.6) is 0 Å². The van der Waals surface area contributed by atoms with Gasteiger partial charge in [-0.3, -0.25) is 4.79 Å². The van der Waals surface area contributed by atoms with Crippen LogP contribution in [0.4, 0.5) is 0 Å². The predicted octanol–water partition coefficient (Wildman–Crippen LogP) is 2.10. The molecule has 1 aromatic carbocycles. The maximum Gasteiger partial charge on any atom is 0.220 e. The number of carbonyl (C=O) groups is 1. The van der Waals surface area contributed by atoms with Gasteiger partial charge in [0.25, 0.3) is 0 Å². The largest absolute Gasteiger partial charge is 0.355 e. The summed E-state index contributed by atoms with van der Waals surface area (Å²) < 4.78 is 22.9. The van der Waals surface area contributed by atoms with E-state index in [-0.39, 0.29) is 24.1 Å². The molecule has 0 aromatic heterocycles. The Hall–Kier alpha value is -0.880. The van der Waals surface area contributed by atoms with E-state index < -0.39 is 9.84 Å². The van der Waals surface area contributed by atoms with Crippen LogP contribution in [0.3, 0.4) is 0 Å². The van der Waals surface area contributed by atoms with Crippen molar-refractivity contribution in [3.05, 3.63) is 34.3 Å². The van der Waals surface area contributed by atoms with Gasteiger partial charge in [-0.1, -0.05) is 41.1 Å². The van der Waals surface area contributed by atoms with Crippen LogP contribution in [0.2, 0.25) is 0 Å². The monoisotopic (exact) mass is 347 g/mol. The summed E-state index contributed by atoms with van der Waals surface area (Å²) in [5.41, 5.74) is 1.07. The summed E-state index contributed by atoms with van der Waals surface area (Å²) in [6.07, 6.45) is 1.50. The Bertz CT molecular complexity index is 543. The Kier molecular flexibility index (Phi) is 6.00. The molecule has 0 unspecified atom stereocenters. The second-order valence-electron chi connectivity index (χ2n) is 4.61. The molecule has 0 bridgehead atoms.